The van der Waals surface area contributed by atoms with E-state index in [4.69, 9.17) is 101 Å². The summed E-state index contributed by atoms with van der Waals surface area (Å²) < 4.78 is -1.46. The molecular formula is C18H30S16. The zero-order valence-corrected chi connectivity index (χ0v) is 31.7. The summed E-state index contributed by atoms with van der Waals surface area (Å²) in [5.41, 5.74) is 0. The standard InChI is InChI=1S/C18H30S16/c19-15(20,1-9-5-27-9)31-13(32-16(21,22)2-10-6-28-10)14(33-17(23,24)3-11-7-29-11)34-18(25,26)4-12-8-30-12/h9-14,19-26H,1-8H2. The Morgan fingerprint density at radius 2 is 0.647 bits per heavy atom. The van der Waals surface area contributed by atoms with E-state index in [1.165, 1.54) is 23.0 Å². The van der Waals surface area contributed by atoms with Crippen molar-refractivity contribution in [3.05, 3.63) is 0 Å². The second kappa shape index (κ2) is 13.5. The molecule has 0 saturated carbocycles. The quantitative estimate of drug-likeness (QED) is 0.0417. The van der Waals surface area contributed by atoms with Crippen molar-refractivity contribution >= 4 is 195 Å². The van der Waals surface area contributed by atoms with E-state index in [9.17, 15) is 0 Å². The van der Waals surface area contributed by atoms with Crippen molar-refractivity contribution in [2.45, 2.75) is 69.5 Å². The van der Waals surface area contributed by atoms with Gasteiger partial charge in [-0.3, -0.25) is 0 Å². The first-order valence-electron chi connectivity index (χ1n) is 10.7. The number of thiol groups is 8. The van der Waals surface area contributed by atoms with Crippen LogP contribution >= 0.6 is 195 Å². The Hall–Kier alpha value is 5.60. The van der Waals surface area contributed by atoms with Gasteiger partial charge in [0.15, 0.2) is 0 Å². The fraction of sp³-hybridized carbons (Fsp3) is 1.00. The van der Waals surface area contributed by atoms with E-state index in [0.717, 1.165) is 25.7 Å². The highest BCUT2D eigenvalue weighted by atomic mass is 32.3. The summed E-state index contributed by atoms with van der Waals surface area (Å²) in [6.45, 7) is 0. The monoisotopic (exact) mass is 758 g/mol. The minimum absolute atomic E-state index is 0.128. The van der Waals surface area contributed by atoms with Crippen LogP contribution in [0.2, 0.25) is 0 Å². The van der Waals surface area contributed by atoms with Crippen molar-refractivity contribution in [1.29, 1.82) is 0 Å². The second-order valence-corrected chi connectivity index (χ2v) is 30.4. The van der Waals surface area contributed by atoms with Gasteiger partial charge in [0.2, 0.25) is 0 Å². The van der Waals surface area contributed by atoms with Gasteiger partial charge in [-0.15, -0.1) is 47.0 Å². The van der Waals surface area contributed by atoms with Crippen molar-refractivity contribution in [3.8, 4) is 0 Å². The highest BCUT2D eigenvalue weighted by Crippen LogP contribution is 2.62. The molecule has 4 aliphatic rings. The van der Waals surface area contributed by atoms with E-state index >= 15 is 0 Å². The Morgan fingerprint density at radius 1 is 0.471 bits per heavy atom. The van der Waals surface area contributed by atoms with Crippen molar-refractivity contribution in [3.63, 3.8) is 0 Å². The molecule has 4 rings (SSSR count). The fourth-order valence-electron chi connectivity index (χ4n) is 3.14. The zero-order valence-electron chi connectivity index (χ0n) is 18.0. The molecule has 4 saturated heterocycles. The Bertz CT molecular complexity index is 567. The van der Waals surface area contributed by atoms with Crippen molar-refractivity contribution in [2.75, 3.05) is 23.0 Å². The van der Waals surface area contributed by atoms with Crippen LogP contribution in [-0.2, 0) is 0 Å². The number of hydrogen-bond acceptors (Lipinski definition) is 16. The highest BCUT2D eigenvalue weighted by molar-refractivity contribution is 8.38. The third-order valence-electron chi connectivity index (χ3n) is 5.03. The van der Waals surface area contributed by atoms with E-state index in [-0.39, 0.29) is 9.16 Å². The summed E-state index contributed by atoms with van der Waals surface area (Å²) in [6, 6.07) is 0. The summed E-state index contributed by atoms with van der Waals surface area (Å²) in [6.07, 6.45) is 3.87. The molecule has 0 spiro atoms. The molecule has 0 aromatic heterocycles. The van der Waals surface area contributed by atoms with Crippen LogP contribution in [0.3, 0.4) is 0 Å². The van der Waals surface area contributed by atoms with Crippen LogP contribution < -0.4 is 0 Å². The molecule has 16 heteroatoms. The fourth-order valence-corrected chi connectivity index (χ4v) is 20.0. The van der Waals surface area contributed by atoms with Crippen LogP contribution in [-0.4, -0.2) is 66.8 Å². The van der Waals surface area contributed by atoms with Gasteiger partial charge < -0.3 is 0 Å². The van der Waals surface area contributed by atoms with Crippen LogP contribution in [0.1, 0.15) is 25.7 Å². The smallest absolute Gasteiger partial charge is 0.103 e. The van der Waals surface area contributed by atoms with Gasteiger partial charge >= 0.3 is 0 Å². The summed E-state index contributed by atoms with van der Waals surface area (Å²) in [7, 11) is 0. The lowest BCUT2D eigenvalue weighted by Crippen LogP contribution is -2.31. The van der Waals surface area contributed by atoms with Gasteiger partial charge in [-0.2, -0.15) is 148 Å². The van der Waals surface area contributed by atoms with E-state index in [1.54, 1.807) is 0 Å². The highest BCUT2D eigenvalue weighted by Gasteiger charge is 2.47. The van der Waals surface area contributed by atoms with Crippen LogP contribution in [0.5, 0.6) is 0 Å². The van der Waals surface area contributed by atoms with Gasteiger partial charge in [-0.25, -0.2) is 0 Å². The molecule has 4 heterocycles. The van der Waals surface area contributed by atoms with Crippen LogP contribution in [0.4, 0.5) is 0 Å². The number of thioether (sulfide) groups is 8. The molecule has 4 aliphatic heterocycles. The van der Waals surface area contributed by atoms with Crippen LogP contribution in [0, 0.1) is 0 Å². The Balaban J connectivity index is 1.53. The molecule has 198 valence electrons. The lowest BCUT2D eigenvalue weighted by molar-refractivity contribution is 0.915. The minimum Gasteiger partial charge on any atom is -0.156 e. The summed E-state index contributed by atoms with van der Waals surface area (Å²) >= 11 is 55.6. The van der Waals surface area contributed by atoms with Crippen LogP contribution in [0.25, 0.3) is 0 Å². The van der Waals surface area contributed by atoms with Crippen molar-refractivity contribution in [2.24, 2.45) is 0 Å². The molecule has 34 heavy (non-hydrogen) atoms. The average molecular weight is 760 g/mol. The summed E-state index contributed by atoms with van der Waals surface area (Å²) in [5.74, 6) is 4.84. The maximum atomic E-state index is 5.03. The van der Waals surface area contributed by atoms with Crippen molar-refractivity contribution < 1.29 is 0 Å². The summed E-state index contributed by atoms with van der Waals surface area (Å²) in [5, 5.41) is 2.64. The first kappa shape index (κ1) is 32.5. The topological polar surface area (TPSA) is 0 Å². The van der Waals surface area contributed by atoms with Gasteiger partial charge in [0.05, 0.1) is 9.16 Å². The SMILES string of the molecule is SC(S)(CC1CS1)SC(SC(S)(S)CC1CS1)C(SC(S)(S)CC1CS1)SC(S)(S)CC1CS1. The van der Waals surface area contributed by atoms with E-state index in [0.29, 0.717) is 21.0 Å². The lowest BCUT2D eigenvalue weighted by Gasteiger charge is -2.40. The molecule has 0 amide bonds. The third kappa shape index (κ3) is 13.3. The predicted molar refractivity (Wildman–Crippen MR) is 204 cm³/mol. The van der Waals surface area contributed by atoms with Gasteiger partial charge in [0, 0.05) is 44.0 Å². The largest absolute Gasteiger partial charge is 0.156 e. The minimum atomic E-state index is -0.429. The molecule has 4 atom stereocenters. The number of rotatable bonds is 17. The molecule has 0 N–H and O–H groups in total. The first-order valence-corrected chi connectivity index (χ1v) is 22.0. The maximum Gasteiger partial charge on any atom is 0.103 e. The molecule has 0 radical (unpaired) electrons. The van der Waals surface area contributed by atoms with E-state index in [2.05, 4.69) is 0 Å². The van der Waals surface area contributed by atoms with Crippen LogP contribution in [0.15, 0.2) is 0 Å². The van der Waals surface area contributed by atoms with Gasteiger partial charge in [-0.05, 0) is 25.7 Å². The zero-order chi connectivity index (χ0) is 24.8. The molecule has 0 nitrogen and oxygen atoms in total. The molecule has 0 aromatic rings. The summed E-state index contributed by atoms with van der Waals surface area (Å²) in [4.78, 5) is 0. The number of hydrogen-bond donors (Lipinski definition) is 8. The Morgan fingerprint density at radius 3 is 0.794 bits per heavy atom. The predicted octanol–water partition coefficient (Wildman–Crippen LogP) is 8.65. The molecule has 4 unspecified atom stereocenters. The molecule has 0 aliphatic carbocycles. The maximum absolute atomic E-state index is 5.03. The molecule has 0 aromatic carbocycles. The normalized spacial score (nSPS) is 30.7. The van der Waals surface area contributed by atoms with Crippen molar-refractivity contribution in [1.82, 2.24) is 0 Å². The Kier molecular flexibility index (Phi) is 12.9. The average Bonchev–Trinajstić information content (AvgIpc) is 3.43. The van der Waals surface area contributed by atoms with E-state index in [1.807, 2.05) is 94.1 Å². The third-order valence-corrected chi connectivity index (χ3v) is 18.9. The van der Waals surface area contributed by atoms with Gasteiger partial charge in [0.1, 0.15) is 13.6 Å². The second-order valence-electron chi connectivity index (χ2n) is 8.82. The Labute approximate surface area is 283 Å². The first-order chi connectivity index (χ1) is 15.7. The van der Waals surface area contributed by atoms with Gasteiger partial charge in [-0.1, -0.05) is 0 Å². The van der Waals surface area contributed by atoms with E-state index < -0.39 is 13.6 Å². The lowest BCUT2D eigenvalue weighted by atomic mass is 10.4. The molecule has 4 fully saturated rings. The molecule has 0 bridgehead atoms. The molecular weight excluding hydrogens is 729 g/mol. The van der Waals surface area contributed by atoms with Gasteiger partial charge in [0.25, 0.3) is 0 Å².